The lowest BCUT2D eigenvalue weighted by molar-refractivity contribution is -0.274. The molecule has 4 rings (SSSR count). The Morgan fingerprint density at radius 1 is 1.10 bits per heavy atom. The summed E-state index contributed by atoms with van der Waals surface area (Å²) < 4.78 is 56.6. The number of allylic oxidation sites excluding steroid dienone is 4. The van der Waals surface area contributed by atoms with Gasteiger partial charge in [-0.1, -0.05) is 35.9 Å². The summed E-state index contributed by atoms with van der Waals surface area (Å²) in [5, 5.41) is 4.30. The molecular formula is C21H17F4N3O2. The maximum Gasteiger partial charge on any atom is 0.573 e. The van der Waals surface area contributed by atoms with Crippen LogP contribution in [-0.4, -0.2) is 26.7 Å². The van der Waals surface area contributed by atoms with E-state index in [1.807, 2.05) is 6.08 Å². The van der Waals surface area contributed by atoms with Crippen molar-refractivity contribution < 1.29 is 22.3 Å². The first-order chi connectivity index (χ1) is 14.3. The number of aryl methyl sites for hydroxylation is 1. The summed E-state index contributed by atoms with van der Waals surface area (Å²) in [5.41, 5.74) is 2.36. The molecule has 156 valence electrons. The molecule has 1 aromatic carbocycles. The smallest absolute Gasteiger partial charge is 0.406 e. The molecule has 0 saturated heterocycles. The van der Waals surface area contributed by atoms with E-state index in [0.717, 1.165) is 5.57 Å². The zero-order valence-electron chi connectivity index (χ0n) is 15.6. The number of aromatic nitrogens is 3. The fraction of sp³-hybridized carbons (Fsp3) is 0.238. The zero-order chi connectivity index (χ0) is 21.3. The summed E-state index contributed by atoms with van der Waals surface area (Å²) in [7, 11) is 0. The highest BCUT2D eigenvalue weighted by molar-refractivity contribution is 5.65. The van der Waals surface area contributed by atoms with Gasteiger partial charge in [-0.05, 0) is 41.8 Å². The number of benzene rings is 1. The standard InChI is InChI=1S/C21H17F4N3O2/c22-17-6-1-14(2-7-17)11-12-28-20(29)27-13-16(5-10-19(27)26-28)15-3-8-18(9-4-15)30-21(23,24)25/h1-6,8-10,13,17H,7,11-12H2. The summed E-state index contributed by atoms with van der Waals surface area (Å²) >= 11 is 0. The Hall–Kier alpha value is -3.36. The molecule has 0 saturated carbocycles. The van der Waals surface area contributed by atoms with E-state index in [2.05, 4.69) is 9.84 Å². The van der Waals surface area contributed by atoms with Gasteiger partial charge in [0.05, 0.1) is 6.54 Å². The van der Waals surface area contributed by atoms with Gasteiger partial charge in [0.2, 0.25) is 0 Å². The first-order valence-corrected chi connectivity index (χ1v) is 9.25. The zero-order valence-corrected chi connectivity index (χ0v) is 15.6. The lowest BCUT2D eigenvalue weighted by atomic mass is 10.0. The Morgan fingerprint density at radius 3 is 2.50 bits per heavy atom. The minimum atomic E-state index is -4.75. The number of halogens is 4. The summed E-state index contributed by atoms with van der Waals surface area (Å²) in [5.74, 6) is -0.317. The van der Waals surface area contributed by atoms with Crippen molar-refractivity contribution in [3.8, 4) is 16.9 Å². The van der Waals surface area contributed by atoms with Crippen LogP contribution in [0.2, 0.25) is 0 Å². The lowest BCUT2D eigenvalue weighted by Gasteiger charge is -2.09. The van der Waals surface area contributed by atoms with E-state index >= 15 is 0 Å². The van der Waals surface area contributed by atoms with Crippen LogP contribution in [-0.2, 0) is 6.54 Å². The van der Waals surface area contributed by atoms with Crippen molar-refractivity contribution in [1.29, 1.82) is 0 Å². The van der Waals surface area contributed by atoms with Crippen LogP contribution in [0.3, 0.4) is 0 Å². The summed E-state index contributed by atoms with van der Waals surface area (Å²) in [4.78, 5) is 12.7. The molecule has 3 aromatic rings. The van der Waals surface area contributed by atoms with Crippen LogP contribution in [0.5, 0.6) is 5.75 Å². The number of alkyl halides is 4. The molecule has 1 aliphatic rings. The second-order valence-electron chi connectivity index (χ2n) is 6.86. The Kier molecular flexibility index (Phi) is 5.19. The molecule has 0 radical (unpaired) electrons. The highest BCUT2D eigenvalue weighted by atomic mass is 19.4. The Balaban J connectivity index is 1.54. The average Bonchev–Trinajstić information content (AvgIpc) is 3.02. The molecule has 1 atom stereocenters. The van der Waals surface area contributed by atoms with Crippen molar-refractivity contribution in [2.45, 2.75) is 31.9 Å². The van der Waals surface area contributed by atoms with Crippen molar-refractivity contribution in [2.75, 3.05) is 0 Å². The van der Waals surface area contributed by atoms with E-state index in [-0.39, 0.29) is 11.4 Å². The molecule has 2 aromatic heterocycles. The molecule has 30 heavy (non-hydrogen) atoms. The van der Waals surface area contributed by atoms with Crippen molar-refractivity contribution in [3.63, 3.8) is 0 Å². The second kappa shape index (κ2) is 7.81. The Bertz CT molecular complexity index is 1170. The number of fused-ring (bicyclic) bond motifs is 1. The molecule has 0 bridgehead atoms. The van der Waals surface area contributed by atoms with Gasteiger partial charge in [-0.3, -0.25) is 0 Å². The molecule has 2 heterocycles. The van der Waals surface area contributed by atoms with Crippen LogP contribution in [0.15, 0.2) is 71.2 Å². The molecule has 0 fully saturated rings. The van der Waals surface area contributed by atoms with Gasteiger partial charge in [0.15, 0.2) is 5.65 Å². The largest absolute Gasteiger partial charge is 0.573 e. The van der Waals surface area contributed by atoms with E-state index in [0.29, 0.717) is 36.2 Å². The van der Waals surface area contributed by atoms with Crippen molar-refractivity contribution in [2.24, 2.45) is 0 Å². The number of nitrogens with zero attached hydrogens (tertiary/aromatic N) is 3. The van der Waals surface area contributed by atoms with Gasteiger partial charge in [-0.25, -0.2) is 18.3 Å². The van der Waals surface area contributed by atoms with E-state index in [9.17, 15) is 22.4 Å². The van der Waals surface area contributed by atoms with Gasteiger partial charge in [0.1, 0.15) is 11.9 Å². The van der Waals surface area contributed by atoms with Crippen LogP contribution in [0, 0.1) is 0 Å². The molecule has 5 nitrogen and oxygen atoms in total. The third kappa shape index (κ3) is 4.45. The number of hydrogen-bond acceptors (Lipinski definition) is 3. The van der Waals surface area contributed by atoms with Gasteiger partial charge in [0.25, 0.3) is 0 Å². The van der Waals surface area contributed by atoms with Gasteiger partial charge in [-0.15, -0.1) is 18.3 Å². The number of pyridine rings is 1. The predicted molar refractivity (Wildman–Crippen MR) is 103 cm³/mol. The van der Waals surface area contributed by atoms with Gasteiger partial charge in [-0.2, -0.15) is 0 Å². The van der Waals surface area contributed by atoms with Crippen LogP contribution in [0.4, 0.5) is 17.6 Å². The fourth-order valence-corrected chi connectivity index (χ4v) is 3.24. The minimum absolute atomic E-state index is 0.317. The molecule has 1 aliphatic carbocycles. The maximum absolute atomic E-state index is 13.1. The monoisotopic (exact) mass is 419 g/mol. The Morgan fingerprint density at radius 2 is 1.83 bits per heavy atom. The maximum atomic E-state index is 13.1. The third-order valence-electron chi connectivity index (χ3n) is 4.73. The van der Waals surface area contributed by atoms with E-state index in [1.54, 1.807) is 24.4 Å². The first-order valence-electron chi connectivity index (χ1n) is 9.25. The van der Waals surface area contributed by atoms with E-state index < -0.39 is 12.5 Å². The highest BCUT2D eigenvalue weighted by Gasteiger charge is 2.30. The quantitative estimate of drug-likeness (QED) is 0.565. The highest BCUT2D eigenvalue weighted by Crippen LogP contribution is 2.26. The lowest BCUT2D eigenvalue weighted by Crippen LogP contribution is -2.21. The Labute approximate surface area is 168 Å². The summed E-state index contributed by atoms with van der Waals surface area (Å²) in [6, 6.07) is 8.80. The second-order valence-corrected chi connectivity index (χ2v) is 6.86. The first kappa shape index (κ1) is 19.9. The molecular weight excluding hydrogens is 402 g/mol. The molecule has 9 heteroatoms. The summed E-state index contributed by atoms with van der Waals surface area (Å²) in [6.07, 6.45) is 1.81. The van der Waals surface area contributed by atoms with Crippen molar-refractivity contribution in [1.82, 2.24) is 14.2 Å². The molecule has 0 N–H and O–H groups in total. The van der Waals surface area contributed by atoms with Crippen molar-refractivity contribution in [3.05, 3.63) is 76.9 Å². The molecule has 1 unspecified atom stereocenters. The predicted octanol–water partition coefficient (Wildman–Crippen LogP) is 4.68. The van der Waals surface area contributed by atoms with Gasteiger partial charge >= 0.3 is 12.1 Å². The van der Waals surface area contributed by atoms with Crippen LogP contribution >= 0.6 is 0 Å². The van der Waals surface area contributed by atoms with Crippen molar-refractivity contribution >= 4 is 5.65 Å². The molecule has 0 aliphatic heterocycles. The van der Waals surface area contributed by atoms with Gasteiger partial charge in [0, 0.05) is 12.6 Å². The number of hydrogen-bond donors (Lipinski definition) is 0. The minimum Gasteiger partial charge on any atom is -0.406 e. The number of rotatable bonds is 5. The topological polar surface area (TPSA) is 48.5 Å². The normalized spacial score (nSPS) is 16.7. The van der Waals surface area contributed by atoms with Crippen LogP contribution in [0.25, 0.3) is 16.8 Å². The number of ether oxygens (including phenoxy) is 1. The SMILES string of the molecule is O=c1n(CCC2=CCC(F)C=C2)nc2ccc(-c3ccc(OC(F)(F)F)cc3)cn12. The van der Waals surface area contributed by atoms with Crippen LogP contribution in [0.1, 0.15) is 12.8 Å². The third-order valence-corrected chi connectivity index (χ3v) is 4.73. The van der Waals surface area contributed by atoms with E-state index in [4.69, 9.17) is 0 Å². The summed E-state index contributed by atoms with van der Waals surface area (Å²) in [6.45, 7) is 0.354. The fourth-order valence-electron chi connectivity index (χ4n) is 3.24. The average molecular weight is 419 g/mol. The van der Waals surface area contributed by atoms with Crippen LogP contribution < -0.4 is 10.4 Å². The van der Waals surface area contributed by atoms with E-state index in [1.165, 1.54) is 39.4 Å². The molecule has 0 amide bonds. The molecule has 0 spiro atoms. The van der Waals surface area contributed by atoms with Gasteiger partial charge < -0.3 is 4.74 Å².